The average Bonchev–Trinajstić information content (AvgIpc) is 2.96. The summed E-state index contributed by atoms with van der Waals surface area (Å²) in [4.78, 5) is 42.4. The van der Waals surface area contributed by atoms with Crippen molar-refractivity contribution in [1.82, 2.24) is 20.7 Å². The molecule has 2 heterocycles. The van der Waals surface area contributed by atoms with Crippen LogP contribution in [0, 0.1) is 0 Å². The molecule has 8 nitrogen and oxygen atoms in total. The number of carbonyl (C=O) groups is 3. The fraction of sp³-hybridized carbons (Fsp3) is 0.103. The number of nitrogens with zero attached hydrogens (tertiary/aromatic N) is 2. The third kappa shape index (κ3) is 5.33. The molecular formula is C29H24N4O4. The van der Waals surface area contributed by atoms with Gasteiger partial charge in [0, 0.05) is 24.5 Å². The summed E-state index contributed by atoms with van der Waals surface area (Å²) < 4.78 is 5.97. The van der Waals surface area contributed by atoms with Crippen LogP contribution in [0.1, 0.15) is 37.9 Å². The summed E-state index contributed by atoms with van der Waals surface area (Å²) >= 11 is 0. The Hall–Kier alpha value is -4.98. The number of para-hydroxylation sites is 1. The van der Waals surface area contributed by atoms with Gasteiger partial charge in [0.05, 0.1) is 5.56 Å². The second kappa shape index (κ2) is 10.7. The molecule has 1 fully saturated rings. The second-order valence-electron chi connectivity index (χ2n) is 8.48. The topological polar surface area (TPSA) is 101 Å². The first-order valence-electron chi connectivity index (χ1n) is 11.8. The lowest BCUT2D eigenvalue weighted by atomic mass is 9.92. The molecule has 1 saturated heterocycles. The maximum Gasteiger partial charge on any atom is 0.285 e. The van der Waals surface area contributed by atoms with Gasteiger partial charge in [-0.15, -0.1) is 0 Å². The standard InChI is InChI=1S/C29H24N4O4/c34-27(23-13-8-16-30-19-23)31-18-20-9-7-12-22(17-20)28(35)32-33-25(21-10-3-1-4-11-21)26(29(33)36)37-24-14-5-2-6-15-24/h1-17,19,25-26H,18H2,(H,31,34)(H,32,35). The molecule has 37 heavy (non-hydrogen) atoms. The van der Waals surface area contributed by atoms with Crippen molar-refractivity contribution in [2.45, 2.75) is 18.7 Å². The Morgan fingerprint density at radius 1 is 0.838 bits per heavy atom. The van der Waals surface area contributed by atoms with Gasteiger partial charge in [-0.3, -0.25) is 24.8 Å². The molecule has 1 aromatic heterocycles. The van der Waals surface area contributed by atoms with Gasteiger partial charge in [0.25, 0.3) is 17.7 Å². The number of hydrazine groups is 1. The molecule has 0 spiro atoms. The summed E-state index contributed by atoms with van der Waals surface area (Å²) in [5.74, 6) is -0.461. The molecule has 184 valence electrons. The van der Waals surface area contributed by atoms with Gasteiger partial charge in [-0.05, 0) is 47.5 Å². The molecule has 0 radical (unpaired) electrons. The predicted octanol–water partition coefficient (Wildman–Crippen LogP) is 3.69. The molecule has 0 saturated carbocycles. The molecule has 8 heteroatoms. The number of rotatable bonds is 8. The molecular weight excluding hydrogens is 468 g/mol. The van der Waals surface area contributed by atoms with Crippen molar-refractivity contribution >= 4 is 17.7 Å². The second-order valence-corrected chi connectivity index (χ2v) is 8.48. The van der Waals surface area contributed by atoms with Crippen LogP contribution in [0.25, 0.3) is 0 Å². The van der Waals surface area contributed by atoms with Crippen molar-refractivity contribution < 1.29 is 19.1 Å². The largest absolute Gasteiger partial charge is 0.478 e. The summed E-state index contributed by atoms with van der Waals surface area (Å²) in [6.45, 7) is 0.233. The summed E-state index contributed by atoms with van der Waals surface area (Å²) in [6, 6.07) is 28.3. The van der Waals surface area contributed by atoms with Crippen molar-refractivity contribution in [3.63, 3.8) is 0 Å². The number of benzene rings is 3. The summed E-state index contributed by atoms with van der Waals surface area (Å²) in [7, 11) is 0. The SMILES string of the molecule is O=C(NCc1cccc(C(=O)NN2C(=O)C(Oc3ccccc3)C2c2ccccc2)c1)c1cccnc1. The molecule has 0 aliphatic carbocycles. The fourth-order valence-electron chi connectivity index (χ4n) is 4.10. The third-order valence-corrected chi connectivity index (χ3v) is 5.98. The van der Waals surface area contributed by atoms with E-state index in [1.54, 1.807) is 48.7 Å². The zero-order valence-corrected chi connectivity index (χ0v) is 19.8. The number of β-lactam (4-membered cyclic amide) rings is 1. The van der Waals surface area contributed by atoms with Gasteiger partial charge in [-0.25, -0.2) is 5.01 Å². The first-order valence-corrected chi connectivity index (χ1v) is 11.8. The maximum absolute atomic E-state index is 13.1. The zero-order valence-electron chi connectivity index (χ0n) is 19.8. The number of hydrogen-bond acceptors (Lipinski definition) is 5. The highest BCUT2D eigenvalue weighted by atomic mass is 16.5. The summed E-state index contributed by atoms with van der Waals surface area (Å²) in [5, 5.41) is 4.13. The van der Waals surface area contributed by atoms with Crippen LogP contribution >= 0.6 is 0 Å². The van der Waals surface area contributed by atoms with Crippen LogP contribution in [0.3, 0.4) is 0 Å². The molecule has 2 unspecified atom stereocenters. The van der Waals surface area contributed by atoms with Crippen molar-refractivity contribution in [2.24, 2.45) is 0 Å². The van der Waals surface area contributed by atoms with E-state index in [1.807, 2.05) is 54.6 Å². The minimum absolute atomic E-state index is 0.233. The van der Waals surface area contributed by atoms with E-state index in [0.717, 1.165) is 11.1 Å². The highest BCUT2D eigenvalue weighted by Crippen LogP contribution is 2.36. The smallest absolute Gasteiger partial charge is 0.285 e. The van der Waals surface area contributed by atoms with E-state index in [4.69, 9.17) is 4.74 Å². The Kier molecular flexibility index (Phi) is 6.89. The molecule has 3 amide bonds. The number of hydrogen-bond donors (Lipinski definition) is 2. The van der Waals surface area contributed by atoms with Crippen LogP contribution in [0.4, 0.5) is 0 Å². The minimum Gasteiger partial charge on any atom is -0.478 e. The van der Waals surface area contributed by atoms with E-state index in [2.05, 4.69) is 15.7 Å². The van der Waals surface area contributed by atoms with Crippen LogP contribution in [-0.2, 0) is 11.3 Å². The fourth-order valence-corrected chi connectivity index (χ4v) is 4.10. The highest BCUT2D eigenvalue weighted by Gasteiger charge is 2.51. The molecule has 3 aromatic carbocycles. The normalized spacial score (nSPS) is 16.4. The lowest BCUT2D eigenvalue weighted by molar-refractivity contribution is -0.169. The number of ether oxygens (including phenoxy) is 1. The van der Waals surface area contributed by atoms with E-state index in [-0.39, 0.29) is 18.4 Å². The number of pyridine rings is 1. The number of aromatic nitrogens is 1. The predicted molar refractivity (Wildman–Crippen MR) is 136 cm³/mol. The van der Waals surface area contributed by atoms with Gasteiger partial charge >= 0.3 is 0 Å². The molecule has 4 aromatic rings. The van der Waals surface area contributed by atoms with Gasteiger partial charge in [0.2, 0.25) is 6.10 Å². The lowest BCUT2D eigenvalue weighted by Crippen LogP contribution is -2.66. The van der Waals surface area contributed by atoms with Gasteiger partial charge in [-0.1, -0.05) is 60.7 Å². The molecule has 1 aliphatic rings. The van der Waals surface area contributed by atoms with Crippen LogP contribution in [0.2, 0.25) is 0 Å². The van der Waals surface area contributed by atoms with Crippen molar-refractivity contribution in [3.05, 3.63) is 132 Å². The Labute approximate surface area is 213 Å². The Balaban J connectivity index is 1.28. The van der Waals surface area contributed by atoms with Crippen LogP contribution in [0.5, 0.6) is 5.75 Å². The molecule has 2 N–H and O–H groups in total. The first kappa shape index (κ1) is 23.7. The van der Waals surface area contributed by atoms with Gasteiger partial charge in [0.1, 0.15) is 11.8 Å². The van der Waals surface area contributed by atoms with Crippen molar-refractivity contribution in [2.75, 3.05) is 0 Å². The molecule has 1 aliphatic heterocycles. The minimum atomic E-state index is -0.765. The van der Waals surface area contributed by atoms with E-state index in [9.17, 15) is 14.4 Å². The quantitative estimate of drug-likeness (QED) is 0.366. The van der Waals surface area contributed by atoms with E-state index >= 15 is 0 Å². The average molecular weight is 493 g/mol. The van der Waals surface area contributed by atoms with E-state index in [1.165, 1.54) is 11.2 Å². The van der Waals surface area contributed by atoms with Gasteiger partial charge in [0.15, 0.2) is 0 Å². The summed E-state index contributed by atoms with van der Waals surface area (Å²) in [5.41, 5.74) is 5.13. The highest BCUT2D eigenvalue weighted by molar-refractivity contribution is 5.98. The van der Waals surface area contributed by atoms with Crippen molar-refractivity contribution in [3.8, 4) is 5.75 Å². The Morgan fingerprint density at radius 2 is 1.57 bits per heavy atom. The third-order valence-electron chi connectivity index (χ3n) is 5.98. The zero-order chi connectivity index (χ0) is 25.6. The summed E-state index contributed by atoms with van der Waals surface area (Å²) in [6.07, 6.45) is 2.32. The Morgan fingerprint density at radius 3 is 2.30 bits per heavy atom. The molecule has 5 rings (SSSR count). The number of carbonyl (C=O) groups excluding carboxylic acids is 3. The van der Waals surface area contributed by atoms with Gasteiger partial charge in [-0.2, -0.15) is 0 Å². The maximum atomic E-state index is 13.1. The van der Waals surface area contributed by atoms with E-state index < -0.39 is 18.1 Å². The molecule has 2 atom stereocenters. The van der Waals surface area contributed by atoms with E-state index in [0.29, 0.717) is 16.9 Å². The Bertz CT molecular complexity index is 1400. The molecule has 0 bridgehead atoms. The first-order chi connectivity index (χ1) is 18.1. The van der Waals surface area contributed by atoms with Crippen molar-refractivity contribution in [1.29, 1.82) is 0 Å². The lowest BCUT2D eigenvalue weighted by Gasteiger charge is -2.46. The van der Waals surface area contributed by atoms with Crippen LogP contribution < -0.4 is 15.5 Å². The van der Waals surface area contributed by atoms with Crippen LogP contribution in [0.15, 0.2) is 109 Å². The van der Waals surface area contributed by atoms with Gasteiger partial charge < -0.3 is 10.1 Å². The van der Waals surface area contributed by atoms with Crippen LogP contribution in [-0.4, -0.2) is 33.8 Å². The number of nitrogens with one attached hydrogen (secondary N) is 2. The number of amides is 3. The monoisotopic (exact) mass is 492 g/mol.